The van der Waals surface area contributed by atoms with Crippen LogP contribution >= 0.6 is 0 Å². The number of pyridine rings is 1. The average Bonchev–Trinajstić information content (AvgIpc) is 3.09. The second-order valence-electron chi connectivity index (χ2n) is 7.39. The molecule has 1 aromatic carbocycles. The highest BCUT2D eigenvalue weighted by molar-refractivity contribution is 6.10. The van der Waals surface area contributed by atoms with Gasteiger partial charge in [-0.05, 0) is 43.3 Å². The molecule has 8 nitrogen and oxygen atoms in total. The number of allylic oxidation sites excluding steroid dienone is 2. The lowest BCUT2D eigenvalue weighted by Gasteiger charge is -2.28. The molecule has 2 aliphatic rings. The second kappa shape index (κ2) is 7.35. The number of ether oxygens (including phenoxy) is 1. The number of anilines is 2. The Labute approximate surface area is 183 Å². The lowest BCUT2D eigenvalue weighted by molar-refractivity contribution is 0.228. The van der Waals surface area contributed by atoms with Gasteiger partial charge >= 0.3 is 0 Å². The number of rotatable bonds is 0. The van der Waals surface area contributed by atoms with Crippen LogP contribution in [-0.4, -0.2) is 20.6 Å². The van der Waals surface area contributed by atoms with Gasteiger partial charge in [0.25, 0.3) is 0 Å². The summed E-state index contributed by atoms with van der Waals surface area (Å²) in [6, 6.07) is 8.38. The van der Waals surface area contributed by atoms with Gasteiger partial charge in [0.05, 0.1) is 11.3 Å². The Kier molecular flexibility index (Phi) is 4.48. The number of halogens is 1. The van der Waals surface area contributed by atoms with Crippen molar-refractivity contribution >= 4 is 23.2 Å². The third kappa shape index (κ3) is 3.09. The molecular formula is C23H18FN7O. The van der Waals surface area contributed by atoms with Crippen molar-refractivity contribution in [2.24, 2.45) is 12.0 Å². The molecule has 0 saturated heterocycles. The van der Waals surface area contributed by atoms with Gasteiger partial charge in [0.1, 0.15) is 29.5 Å². The first-order valence-corrected chi connectivity index (χ1v) is 9.88. The summed E-state index contributed by atoms with van der Waals surface area (Å²) in [6.07, 6.45) is 8.36. The molecule has 2 N–H and O–H groups in total. The molecule has 3 aromatic rings. The predicted octanol–water partition coefficient (Wildman–Crippen LogP) is 4.15. The van der Waals surface area contributed by atoms with Crippen LogP contribution < -0.4 is 15.4 Å². The fraction of sp³-hybridized carbons (Fsp3) is 0.130. The number of aromatic nitrogens is 3. The van der Waals surface area contributed by atoms with E-state index in [0.717, 1.165) is 0 Å². The minimum absolute atomic E-state index is 0.185. The van der Waals surface area contributed by atoms with Crippen molar-refractivity contribution in [1.82, 2.24) is 14.8 Å². The lowest BCUT2D eigenvalue weighted by atomic mass is 10.0. The Morgan fingerprint density at radius 1 is 1.25 bits per heavy atom. The van der Waals surface area contributed by atoms with E-state index in [1.54, 1.807) is 25.4 Å². The van der Waals surface area contributed by atoms with Crippen LogP contribution in [-0.2, 0) is 7.05 Å². The summed E-state index contributed by atoms with van der Waals surface area (Å²) < 4.78 is 21.8. The Morgan fingerprint density at radius 3 is 2.91 bits per heavy atom. The standard InChI is InChI=1S/C23H18FN7O/c1-13-16-10-15(24)6-7-17(16)31-8-4-3-5-20(31)28-23-21(18(11-25)30(2)29-23)14-9-19(32-13)22(26)27-12-14/h3-10,12-13H,1-2H3,(H2,26,27)/b28-20-/t13-/m1/s1. The van der Waals surface area contributed by atoms with Crippen LogP contribution in [0.5, 0.6) is 5.75 Å². The maximum Gasteiger partial charge on any atom is 0.185 e. The molecule has 4 heterocycles. The van der Waals surface area contributed by atoms with Gasteiger partial charge < -0.3 is 15.4 Å². The van der Waals surface area contributed by atoms with Gasteiger partial charge in [-0.1, -0.05) is 6.08 Å². The summed E-state index contributed by atoms with van der Waals surface area (Å²) in [7, 11) is 1.68. The smallest absolute Gasteiger partial charge is 0.185 e. The molecule has 2 aromatic heterocycles. The van der Waals surface area contributed by atoms with Gasteiger partial charge in [-0.3, -0.25) is 4.68 Å². The average molecular weight is 427 g/mol. The van der Waals surface area contributed by atoms with Crippen LogP contribution in [0.4, 0.5) is 21.7 Å². The molecule has 0 spiro atoms. The number of fused-ring (bicyclic) bond motifs is 7. The van der Waals surface area contributed by atoms with Gasteiger partial charge in [0.2, 0.25) is 0 Å². The molecule has 32 heavy (non-hydrogen) atoms. The predicted molar refractivity (Wildman–Crippen MR) is 119 cm³/mol. The Morgan fingerprint density at radius 2 is 2.09 bits per heavy atom. The third-order valence-electron chi connectivity index (χ3n) is 5.35. The van der Waals surface area contributed by atoms with Crippen molar-refractivity contribution in [2.45, 2.75) is 13.0 Å². The summed E-state index contributed by atoms with van der Waals surface area (Å²) in [4.78, 5) is 10.9. The topological polar surface area (TPSA) is 105 Å². The number of nitriles is 1. The van der Waals surface area contributed by atoms with Crippen LogP contribution in [0, 0.1) is 17.1 Å². The molecule has 0 radical (unpaired) electrons. The highest BCUT2D eigenvalue weighted by Crippen LogP contribution is 2.39. The van der Waals surface area contributed by atoms with E-state index >= 15 is 0 Å². The SMILES string of the molecule is C[C@H]1Oc2cc(cnc2N)-c2c(nn(C)c2C#N)/N=C2/C=CC=CN2c2ccc(F)cc21. The van der Waals surface area contributed by atoms with E-state index in [0.29, 0.717) is 45.5 Å². The molecule has 0 saturated carbocycles. The summed E-state index contributed by atoms with van der Waals surface area (Å²) in [5.41, 5.74) is 8.82. The molecule has 9 heteroatoms. The van der Waals surface area contributed by atoms with Crippen molar-refractivity contribution in [3.05, 3.63) is 72.0 Å². The van der Waals surface area contributed by atoms with E-state index < -0.39 is 6.10 Å². The molecule has 2 bridgehead atoms. The molecule has 0 amide bonds. The largest absolute Gasteiger partial charge is 0.482 e. The van der Waals surface area contributed by atoms with Gasteiger partial charge in [0, 0.05) is 30.6 Å². The first-order valence-electron chi connectivity index (χ1n) is 9.88. The quantitative estimate of drug-likeness (QED) is 0.578. The fourth-order valence-corrected chi connectivity index (χ4v) is 3.83. The number of nitrogen functional groups attached to an aromatic ring is 1. The number of aryl methyl sites for hydroxylation is 1. The zero-order chi connectivity index (χ0) is 22.4. The van der Waals surface area contributed by atoms with E-state index in [1.165, 1.54) is 16.8 Å². The highest BCUT2D eigenvalue weighted by atomic mass is 19.1. The zero-order valence-corrected chi connectivity index (χ0v) is 17.3. The monoisotopic (exact) mass is 427 g/mol. The van der Waals surface area contributed by atoms with Crippen molar-refractivity contribution in [3.8, 4) is 22.9 Å². The van der Waals surface area contributed by atoms with E-state index in [2.05, 4.69) is 16.2 Å². The fourth-order valence-electron chi connectivity index (χ4n) is 3.83. The van der Waals surface area contributed by atoms with Crippen molar-refractivity contribution in [3.63, 3.8) is 0 Å². The number of hydrogen-bond donors (Lipinski definition) is 1. The molecule has 0 aliphatic carbocycles. The summed E-state index contributed by atoms with van der Waals surface area (Å²) in [6.45, 7) is 1.81. The van der Waals surface area contributed by atoms with E-state index in [4.69, 9.17) is 15.5 Å². The normalized spacial score (nSPS) is 18.1. The first kappa shape index (κ1) is 19.5. The van der Waals surface area contributed by atoms with E-state index in [1.807, 2.05) is 36.3 Å². The van der Waals surface area contributed by atoms with Gasteiger partial charge in [-0.15, -0.1) is 0 Å². The maximum atomic E-state index is 14.2. The Hall–Kier alpha value is -4.45. The zero-order valence-electron chi connectivity index (χ0n) is 17.3. The van der Waals surface area contributed by atoms with Crippen LogP contribution in [0.15, 0.2) is 59.9 Å². The number of benzene rings is 1. The van der Waals surface area contributed by atoms with Crippen LogP contribution in [0.1, 0.15) is 24.3 Å². The Bertz CT molecular complexity index is 1380. The van der Waals surface area contributed by atoms with Crippen LogP contribution in [0.2, 0.25) is 0 Å². The third-order valence-corrected chi connectivity index (χ3v) is 5.35. The Balaban J connectivity index is 1.85. The summed E-state index contributed by atoms with van der Waals surface area (Å²) in [5.74, 6) is 1.03. The minimum atomic E-state index is -0.552. The molecular weight excluding hydrogens is 409 g/mol. The van der Waals surface area contributed by atoms with Gasteiger partial charge in [-0.2, -0.15) is 10.4 Å². The number of aliphatic imine (C=N–C) groups is 1. The van der Waals surface area contributed by atoms with Gasteiger partial charge in [0.15, 0.2) is 17.4 Å². The van der Waals surface area contributed by atoms with Crippen molar-refractivity contribution in [1.29, 1.82) is 5.26 Å². The minimum Gasteiger partial charge on any atom is -0.482 e. The lowest BCUT2D eigenvalue weighted by Crippen LogP contribution is -2.27. The summed E-state index contributed by atoms with van der Waals surface area (Å²) in [5, 5.41) is 14.2. The number of nitrogens with zero attached hydrogens (tertiary/aromatic N) is 6. The highest BCUT2D eigenvalue weighted by Gasteiger charge is 2.25. The maximum absolute atomic E-state index is 14.2. The number of nitrogens with two attached hydrogens (primary N) is 1. The molecule has 5 rings (SSSR count). The van der Waals surface area contributed by atoms with Crippen molar-refractivity contribution < 1.29 is 9.13 Å². The van der Waals surface area contributed by atoms with E-state index in [9.17, 15) is 9.65 Å². The number of amidine groups is 1. The van der Waals surface area contributed by atoms with Crippen molar-refractivity contribution in [2.75, 3.05) is 10.6 Å². The second-order valence-corrected chi connectivity index (χ2v) is 7.39. The van der Waals surface area contributed by atoms with Crippen LogP contribution in [0.3, 0.4) is 0 Å². The van der Waals surface area contributed by atoms with Crippen LogP contribution in [0.25, 0.3) is 11.1 Å². The molecule has 0 unspecified atom stereocenters. The number of hydrogen-bond acceptors (Lipinski definition) is 7. The first-order chi connectivity index (χ1) is 15.5. The molecule has 2 aliphatic heterocycles. The molecule has 0 fully saturated rings. The molecule has 1 atom stereocenters. The summed E-state index contributed by atoms with van der Waals surface area (Å²) >= 11 is 0. The molecule has 158 valence electrons. The van der Waals surface area contributed by atoms with E-state index in [-0.39, 0.29) is 11.6 Å². The van der Waals surface area contributed by atoms with Gasteiger partial charge in [-0.25, -0.2) is 14.4 Å².